The van der Waals surface area contributed by atoms with Crippen LogP contribution >= 0.6 is 0 Å². The summed E-state index contributed by atoms with van der Waals surface area (Å²) in [6.45, 7) is 6.15. The molecule has 1 aliphatic rings. The van der Waals surface area contributed by atoms with Crippen LogP contribution in [0.4, 0.5) is 10.1 Å². The van der Waals surface area contributed by atoms with E-state index in [2.05, 4.69) is 31.9 Å². The normalized spacial score (nSPS) is 15.9. The third-order valence-electron chi connectivity index (χ3n) is 5.88. The SMILES string of the molecule is CN1CCN(CCCOc2ccc(N=CC(=NN)c3cc4cc(F)ccc4[nH]c3=O)cc2)CC1. The fourth-order valence-corrected chi connectivity index (χ4v) is 3.85. The lowest BCUT2D eigenvalue weighted by atomic mass is 10.1. The second kappa shape index (κ2) is 11.0. The zero-order valence-electron chi connectivity index (χ0n) is 19.2. The third kappa shape index (κ3) is 6.06. The van der Waals surface area contributed by atoms with Crippen molar-refractivity contribution in [2.75, 3.05) is 46.4 Å². The first kappa shape index (κ1) is 23.6. The van der Waals surface area contributed by atoms with Gasteiger partial charge < -0.3 is 25.4 Å². The number of hydrazone groups is 1. The van der Waals surface area contributed by atoms with Crippen LogP contribution in [0.5, 0.6) is 5.75 Å². The fourth-order valence-electron chi connectivity index (χ4n) is 3.85. The topological polar surface area (TPSA) is 99.3 Å². The monoisotopic (exact) mass is 464 g/mol. The number of aliphatic imine (C=N–C) groups is 1. The molecule has 0 atom stereocenters. The number of likely N-dealkylation sites (N-methyl/N-ethyl adjacent to an activating group) is 1. The molecule has 178 valence electrons. The van der Waals surface area contributed by atoms with Crippen LogP contribution < -0.4 is 16.1 Å². The van der Waals surface area contributed by atoms with Gasteiger partial charge in [0, 0.05) is 43.6 Å². The van der Waals surface area contributed by atoms with Crippen molar-refractivity contribution in [3.8, 4) is 5.75 Å². The number of hydrogen-bond donors (Lipinski definition) is 2. The van der Waals surface area contributed by atoms with E-state index < -0.39 is 5.82 Å². The minimum Gasteiger partial charge on any atom is -0.494 e. The lowest BCUT2D eigenvalue weighted by Gasteiger charge is -2.32. The summed E-state index contributed by atoms with van der Waals surface area (Å²) < 4.78 is 19.4. The Kier molecular flexibility index (Phi) is 7.66. The first-order valence-electron chi connectivity index (χ1n) is 11.3. The summed E-state index contributed by atoms with van der Waals surface area (Å²) in [5.74, 6) is 5.89. The molecule has 1 saturated heterocycles. The van der Waals surface area contributed by atoms with Gasteiger partial charge in [-0.2, -0.15) is 5.10 Å². The number of rotatable bonds is 8. The number of benzene rings is 2. The van der Waals surface area contributed by atoms with Gasteiger partial charge in [-0.05, 0) is 62.0 Å². The molecule has 2 heterocycles. The number of aromatic nitrogens is 1. The molecule has 1 fully saturated rings. The summed E-state index contributed by atoms with van der Waals surface area (Å²) in [6.07, 6.45) is 2.39. The Morgan fingerprint density at radius 2 is 1.91 bits per heavy atom. The summed E-state index contributed by atoms with van der Waals surface area (Å²) >= 11 is 0. The van der Waals surface area contributed by atoms with Crippen molar-refractivity contribution in [1.82, 2.24) is 14.8 Å². The number of hydrogen-bond acceptors (Lipinski definition) is 7. The van der Waals surface area contributed by atoms with Gasteiger partial charge in [0.25, 0.3) is 5.56 Å². The lowest BCUT2D eigenvalue weighted by Crippen LogP contribution is -2.44. The quantitative estimate of drug-likeness (QED) is 0.231. The van der Waals surface area contributed by atoms with Gasteiger partial charge >= 0.3 is 0 Å². The summed E-state index contributed by atoms with van der Waals surface area (Å²) in [5, 5.41) is 4.24. The van der Waals surface area contributed by atoms with E-state index in [1.54, 1.807) is 6.07 Å². The third-order valence-corrected chi connectivity index (χ3v) is 5.88. The molecule has 2 aromatic carbocycles. The largest absolute Gasteiger partial charge is 0.494 e. The number of nitrogens with one attached hydrogen (secondary N) is 1. The van der Waals surface area contributed by atoms with E-state index in [9.17, 15) is 9.18 Å². The van der Waals surface area contributed by atoms with Crippen LogP contribution in [0.25, 0.3) is 10.9 Å². The Bertz CT molecular complexity index is 1230. The molecule has 0 spiro atoms. The maximum Gasteiger partial charge on any atom is 0.258 e. The second-order valence-corrected chi connectivity index (χ2v) is 8.36. The molecule has 0 aliphatic carbocycles. The molecule has 1 aromatic heterocycles. The van der Waals surface area contributed by atoms with Crippen LogP contribution in [0.1, 0.15) is 12.0 Å². The van der Waals surface area contributed by atoms with Crippen molar-refractivity contribution in [1.29, 1.82) is 0 Å². The van der Waals surface area contributed by atoms with Crippen molar-refractivity contribution in [2.45, 2.75) is 6.42 Å². The molecule has 4 rings (SSSR count). The van der Waals surface area contributed by atoms with Crippen LogP contribution in [0.3, 0.4) is 0 Å². The van der Waals surface area contributed by atoms with Crippen LogP contribution in [-0.4, -0.2) is 73.1 Å². The highest BCUT2D eigenvalue weighted by atomic mass is 19.1. The average Bonchev–Trinajstić information content (AvgIpc) is 2.84. The minimum atomic E-state index is -0.396. The molecule has 8 nitrogen and oxygen atoms in total. The molecule has 34 heavy (non-hydrogen) atoms. The van der Waals surface area contributed by atoms with E-state index in [0.29, 0.717) is 23.2 Å². The predicted octanol–water partition coefficient (Wildman–Crippen LogP) is 2.75. The van der Waals surface area contributed by atoms with Crippen LogP contribution in [0.15, 0.2) is 63.4 Å². The molecule has 9 heteroatoms. The molecule has 1 aliphatic heterocycles. The molecule has 0 radical (unpaired) electrons. The highest BCUT2D eigenvalue weighted by Crippen LogP contribution is 2.18. The molecule has 3 aromatic rings. The van der Waals surface area contributed by atoms with Gasteiger partial charge in [-0.25, -0.2) is 4.39 Å². The standard InChI is InChI=1S/C25H29FN6O2/c1-31-10-12-32(13-11-31)9-2-14-34-21-6-4-20(5-7-21)28-17-24(30-27)22-16-18-15-19(26)3-8-23(18)29-25(22)33/h3-8,15-17H,2,9-14,27H2,1H3,(H,29,33). The van der Waals surface area contributed by atoms with Crippen molar-refractivity contribution in [3.05, 3.63) is 70.3 Å². The average molecular weight is 465 g/mol. The van der Waals surface area contributed by atoms with Gasteiger partial charge in [-0.1, -0.05) is 0 Å². The van der Waals surface area contributed by atoms with E-state index in [4.69, 9.17) is 10.6 Å². The number of nitrogens with two attached hydrogens (primary N) is 1. The highest BCUT2D eigenvalue weighted by Gasteiger charge is 2.13. The molecule has 0 bridgehead atoms. The Balaban J connectivity index is 1.33. The van der Waals surface area contributed by atoms with Gasteiger partial charge in [0.15, 0.2) is 0 Å². The molecular weight excluding hydrogens is 435 g/mol. The highest BCUT2D eigenvalue weighted by molar-refractivity contribution is 6.38. The Morgan fingerprint density at radius 1 is 1.15 bits per heavy atom. The zero-order valence-corrected chi connectivity index (χ0v) is 19.2. The van der Waals surface area contributed by atoms with E-state index in [0.717, 1.165) is 44.9 Å². The zero-order chi connectivity index (χ0) is 23.9. The van der Waals surface area contributed by atoms with Crippen molar-refractivity contribution in [3.63, 3.8) is 0 Å². The van der Waals surface area contributed by atoms with Crippen molar-refractivity contribution >= 4 is 28.5 Å². The summed E-state index contributed by atoms with van der Waals surface area (Å²) in [4.78, 5) is 24.3. The number of nitrogens with zero attached hydrogens (tertiary/aromatic N) is 4. The van der Waals surface area contributed by atoms with E-state index in [1.807, 2.05) is 24.3 Å². The smallest absolute Gasteiger partial charge is 0.258 e. The van der Waals surface area contributed by atoms with Crippen molar-refractivity contribution in [2.24, 2.45) is 15.9 Å². The van der Waals surface area contributed by atoms with Gasteiger partial charge in [-0.3, -0.25) is 9.79 Å². The van der Waals surface area contributed by atoms with Crippen LogP contribution in [-0.2, 0) is 0 Å². The number of aromatic amines is 1. The number of halogens is 1. The van der Waals surface area contributed by atoms with E-state index >= 15 is 0 Å². The van der Waals surface area contributed by atoms with E-state index in [1.165, 1.54) is 24.4 Å². The van der Waals surface area contributed by atoms with Gasteiger partial charge in [0.2, 0.25) is 0 Å². The lowest BCUT2D eigenvalue weighted by molar-refractivity contribution is 0.145. The fraction of sp³-hybridized carbons (Fsp3) is 0.320. The molecule has 0 amide bonds. The first-order chi connectivity index (χ1) is 16.5. The second-order valence-electron chi connectivity index (χ2n) is 8.36. The number of pyridine rings is 1. The van der Waals surface area contributed by atoms with Crippen molar-refractivity contribution < 1.29 is 9.13 Å². The summed E-state index contributed by atoms with van der Waals surface area (Å²) in [7, 11) is 2.16. The van der Waals surface area contributed by atoms with Gasteiger partial charge in [0.1, 0.15) is 17.3 Å². The predicted molar refractivity (Wildman–Crippen MR) is 134 cm³/mol. The van der Waals surface area contributed by atoms with Gasteiger partial charge in [0.05, 0.1) is 24.1 Å². The maximum atomic E-state index is 13.6. The molecule has 0 unspecified atom stereocenters. The number of piperazine rings is 1. The van der Waals surface area contributed by atoms with E-state index in [-0.39, 0.29) is 16.8 Å². The minimum absolute atomic E-state index is 0.191. The number of ether oxygens (including phenoxy) is 1. The summed E-state index contributed by atoms with van der Waals surface area (Å²) in [5.41, 5.74) is 1.22. The molecule has 0 saturated carbocycles. The molecular formula is C25H29FN6O2. The van der Waals surface area contributed by atoms with Crippen LogP contribution in [0.2, 0.25) is 0 Å². The Hall–Kier alpha value is -3.56. The molecule has 3 N–H and O–H groups in total. The summed E-state index contributed by atoms with van der Waals surface area (Å²) in [6, 6.07) is 13.0. The maximum absolute atomic E-state index is 13.6. The Labute approximate surface area is 197 Å². The van der Waals surface area contributed by atoms with Gasteiger partial charge in [-0.15, -0.1) is 0 Å². The first-order valence-corrected chi connectivity index (χ1v) is 11.3. The Morgan fingerprint density at radius 3 is 2.65 bits per heavy atom. The number of H-pyrrole nitrogens is 1. The number of fused-ring (bicyclic) bond motifs is 1. The van der Waals surface area contributed by atoms with Crippen LogP contribution in [0, 0.1) is 5.82 Å².